The number of nitrogens with two attached hydrogens (primary N) is 1. The first-order valence-corrected chi connectivity index (χ1v) is 5.30. The van der Waals surface area contributed by atoms with Crippen molar-refractivity contribution in [2.24, 2.45) is 5.92 Å². The summed E-state index contributed by atoms with van der Waals surface area (Å²) in [6.45, 7) is 4.47. The summed E-state index contributed by atoms with van der Waals surface area (Å²) in [5.41, 5.74) is 5.60. The molecule has 0 amide bonds. The van der Waals surface area contributed by atoms with Crippen LogP contribution in [0.5, 0.6) is 0 Å². The van der Waals surface area contributed by atoms with Gasteiger partial charge in [0.05, 0.1) is 0 Å². The predicted molar refractivity (Wildman–Crippen MR) is 56.1 cm³/mol. The van der Waals surface area contributed by atoms with Crippen molar-refractivity contribution in [3.05, 3.63) is 11.6 Å². The fraction of sp³-hybridized carbons (Fsp3) is 0.700. The number of nitrogen functional groups attached to an aromatic ring is 1. The average Bonchev–Trinajstić information content (AvgIpc) is 2.95. The highest BCUT2D eigenvalue weighted by Crippen LogP contribution is 2.42. The summed E-state index contributed by atoms with van der Waals surface area (Å²) < 4.78 is 5.65. The van der Waals surface area contributed by atoms with E-state index in [1.807, 2.05) is 13.8 Å². The second-order valence-corrected chi connectivity index (χ2v) is 3.81. The van der Waals surface area contributed by atoms with Crippen LogP contribution in [-0.2, 0) is 4.74 Å². The molecule has 82 valence electrons. The minimum atomic E-state index is -0.000926. The van der Waals surface area contributed by atoms with E-state index in [4.69, 9.17) is 10.5 Å². The van der Waals surface area contributed by atoms with Gasteiger partial charge in [-0.05, 0) is 32.6 Å². The summed E-state index contributed by atoms with van der Waals surface area (Å²) in [5, 5.41) is 0. The monoisotopic (exact) mass is 208 g/mol. The first-order chi connectivity index (χ1) is 7.20. The zero-order valence-electron chi connectivity index (χ0n) is 9.10. The van der Waals surface area contributed by atoms with Gasteiger partial charge < -0.3 is 10.5 Å². The van der Waals surface area contributed by atoms with Crippen molar-refractivity contribution >= 4 is 5.95 Å². The van der Waals surface area contributed by atoms with Crippen LogP contribution in [-0.4, -0.2) is 21.6 Å². The van der Waals surface area contributed by atoms with Crippen molar-refractivity contribution in [3.63, 3.8) is 0 Å². The lowest BCUT2D eigenvalue weighted by Crippen LogP contribution is -2.14. The minimum Gasteiger partial charge on any atom is -0.370 e. The minimum absolute atomic E-state index is 0.000926. The van der Waals surface area contributed by atoms with Gasteiger partial charge in [-0.25, -0.2) is 4.98 Å². The quantitative estimate of drug-likeness (QED) is 0.806. The van der Waals surface area contributed by atoms with Crippen LogP contribution in [0.15, 0.2) is 0 Å². The molecule has 0 aromatic carbocycles. The molecule has 15 heavy (non-hydrogen) atoms. The van der Waals surface area contributed by atoms with E-state index in [-0.39, 0.29) is 12.1 Å². The Morgan fingerprint density at radius 3 is 2.67 bits per heavy atom. The molecule has 1 unspecified atom stereocenters. The van der Waals surface area contributed by atoms with Gasteiger partial charge >= 0.3 is 0 Å². The lowest BCUT2D eigenvalue weighted by Gasteiger charge is -2.14. The first kappa shape index (κ1) is 10.3. The molecule has 1 heterocycles. The molecule has 1 aromatic heterocycles. The summed E-state index contributed by atoms with van der Waals surface area (Å²) >= 11 is 0. The van der Waals surface area contributed by atoms with E-state index in [9.17, 15) is 0 Å². The fourth-order valence-electron chi connectivity index (χ4n) is 1.65. The number of ether oxygens (including phenoxy) is 1. The van der Waals surface area contributed by atoms with Crippen molar-refractivity contribution < 1.29 is 4.74 Å². The van der Waals surface area contributed by atoms with Gasteiger partial charge in [0.1, 0.15) is 11.9 Å². The third kappa shape index (κ3) is 2.41. The standard InChI is InChI=1S/C10H16N4O/c1-3-15-8(7-4-5-7)9-12-6(2)13-10(11)14-9/h7-8H,3-5H2,1-2H3,(H2,11,12,13,14). The van der Waals surface area contributed by atoms with E-state index in [1.54, 1.807) is 0 Å². The number of aromatic nitrogens is 3. The smallest absolute Gasteiger partial charge is 0.223 e. The summed E-state index contributed by atoms with van der Waals surface area (Å²) in [7, 11) is 0. The van der Waals surface area contributed by atoms with E-state index in [0.717, 1.165) is 0 Å². The van der Waals surface area contributed by atoms with E-state index in [1.165, 1.54) is 12.8 Å². The molecule has 5 heteroatoms. The third-order valence-corrected chi connectivity index (χ3v) is 2.43. The molecule has 1 aliphatic carbocycles. The molecule has 2 N–H and O–H groups in total. The molecule has 5 nitrogen and oxygen atoms in total. The van der Waals surface area contributed by atoms with Crippen LogP contribution >= 0.6 is 0 Å². The zero-order chi connectivity index (χ0) is 10.8. The Kier molecular flexibility index (Phi) is 2.81. The molecule has 1 aromatic rings. The van der Waals surface area contributed by atoms with Gasteiger partial charge in [0.25, 0.3) is 0 Å². The van der Waals surface area contributed by atoms with Gasteiger partial charge in [0, 0.05) is 6.61 Å². The Balaban J connectivity index is 2.24. The first-order valence-electron chi connectivity index (χ1n) is 5.30. The van der Waals surface area contributed by atoms with E-state index < -0.39 is 0 Å². The summed E-state index contributed by atoms with van der Waals surface area (Å²) in [6.07, 6.45) is 2.38. The number of nitrogens with zero attached hydrogens (tertiary/aromatic N) is 3. The highest BCUT2D eigenvalue weighted by molar-refractivity contribution is 5.17. The summed E-state index contributed by atoms with van der Waals surface area (Å²) in [4.78, 5) is 12.4. The number of hydrogen-bond donors (Lipinski definition) is 1. The van der Waals surface area contributed by atoms with Crippen LogP contribution < -0.4 is 5.73 Å². The molecule has 0 aliphatic heterocycles. The van der Waals surface area contributed by atoms with Gasteiger partial charge in [-0.2, -0.15) is 9.97 Å². The van der Waals surface area contributed by atoms with E-state index >= 15 is 0 Å². The Hall–Kier alpha value is -1.23. The average molecular weight is 208 g/mol. The molecule has 1 aliphatic rings. The summed E-state index contributed by atoms with van der Waals surface area (Å²) in [6, 6.07) is 0. The van der Waals surface area contributed by atoms with Crippen LogP contribution in [0.1, 0.15) is 37.5 Å². The largest absolute Gasteiger partial charge is 0.370 e. The van der Waals surface area contributed by atoms with Crippen LogP contribution in [0.2, 0.25) is 0 Å². The maximum Gasteiger partial charge on any atom is 0.223 e. The Labute approximate surface area is 89.1 Å². The zero-order valence-corrected chi connectivity index (χ0v) is 9.10. The molecular weight excluding hydrogens is 192 g/mol. The highest BCUT2D eigenvalue weighted by Gasteiger charge is 2.35. The predicted octanol–water partition coefficient (Wildman–Crippen LogP) is 1.25. The second kappa shape index (κ2) is 4.10. The van der Waals surface area contributed by atoms with E-state index in [2.05, 4.69) is 15.0 Å². The van der Waals surface area contributed by atoms with Crippen LogP contribution in [0.3, 0.4) is 0 Å². The van der Waals surface area contributed by atoms with Crippen molar-refractivity contribution in [2.45, 2.75) is 32.8 Å². The Bertz CT molecular complexity index is 331. The molecular formula is C10H16N4O. The van der Waals surface area contributed by atoms with E-state index in [0.29, 0.717) is 24.2 Å². The lowest BCUT2D eigenvalue weighted by molar-refractivity contribution is 0.0398. The lowest BCUT2D eigenvalue weighted by atomic mass is 10.2. The summed E-state index contributed by atoms with van der Waals surface area (Å²) in [5.74, 6) is 2.18. The third-order valence-electron chi connectivity index (χ3n) is 2.43. The van der Waals surface area contributed by atoms with Crippen LogP contribution in [0.4, 0.5) is 5.95 Å². The van der Waals surface area contributed by atoms with Gasteiger partial charge in [-0.1, -0.05) is 0 Å². The highest BCUT2D eigenvalue weighted by atomic mass is 16.5. The van der Waals surface area contributed by atoms with Crippen molar-refractivity contribution in [3.8, 4) is 0 Å². The number of hydrogen-bond acceptors (Lipinski definition) is 5. The molecule has 0 radical (unpaired) electrons. The maximum absolute atomic E-state index is 5.65. The van der Waals surface area contributed by atoms with Crippen molar-refractivity contribution in [1.82, 2.24) is 15.0 Å². The number of anilines is 1. The maximum atomic E-state index is 5.65. The Morgan fingerprint density at radius 2 is 2.13 bits per heavy atom. The fourth-order valence-corrected chi connectivity index (χ4v) is 1.65. The van der Waals surface area contributed by atoms with Crippen LogP contribution in [0.25, 0.3) is 0 Å². The molecule has 0 saturated heterocycles. The van der Waals surface area contributed by atoms with Crippen molar-refractivity contribution in [1.29, 1.82) is 0 Å². The van der Waals surface area contributed by atoms with Gasteiger partial charge in [0.2, 0.25) is 5.95 Å². The molecule has 2 rings (SSSR count). The number of rotatable bonds is 4. The molecule has 0 spiro atoms. The van der Waals surface area contributed by atoms with Gasteiger partial charge in [-0.15, -0.1) is 0 Å². The molecule has 0 bridgehead atoms. The SMILES string of the molecule is CCOC(c1nc(C)nc(N)n1)C1CC1. The topological polar surface area (TPSA) is 73.9 Å². The molecule has 1 atom stereocenters. The van der Waals surface area contributed by atoms with Gasteiger partial charge in [0.15, 0.2) is 5.82 Å². The normalized spacial score (nSPS) is 17.7. The van der Waals surface area contributed by atoms with Crippen molar-refractivity contribution in [2.75, 3.05) is 12.3 Å². The molecule has 1 saturated carbocycles. The Morgan fingerprint density at radius 1 is 1.40 bits per heavy atom. The van der Waals surface area contributed by atoms with Gasteiger partial charge in [-0.3, -0.25) is 0 Å². The molecule has 1 fully saturated rings. The number of aryl methyl sites for hydroxylation is 1. The second-order valence-electron chi connectivity index (χ2n) is 3.81. The van der Waals surface area contributed by atoms with Crippen LogP contribution in [0, 0.1) is 12.8 Å².